The van der Waals surface area contributed by atoms with Gasteiger partial charge in [0.15, 0.2) is 0 Å². The van der Waals surface area contributed by atoms with Gasteiger partial charge in [-0.2, -0.15) is 0 Å². The number of esters is 1. The van der Waals surface area contributed by atoms with Crippen molar-refractivity contribution in [3.05, 3.63) is 11.8 Å². The Bertz CT molecular complexity index is 207. The molecule has 0 aromatic heterocycles. The van der Waals surface area contributed by atoms with Crippen molar-refractivity contribution in [3.8, 4) is 0 Å². The van der Waals surface area contributed by atoms with Crippen LogP contribution in [0, 0.1) is 0 Å². The third-order valence-electron chi connectivity index (χ3n) is 1.62. The average Bonchev–Trinajstić information content (AvgIpc) is 2.23. The van der Waals surface area contributed by atoms with E-state index in [0.29, 0.717) is 25.6 Å². The summed E-state index contributed by atoms with van der Waals surface area (Å²) >= 11 is 5.68. The Morgan fingerprint density at radius 1 is 1.53 bits per heavy atom. The van der Waals surface area contributed by atoms with E-state index in [-0.39, 0.29) is 12.4 Å². The van der Waals surface area contributed by atoms with Crippen molar-refractivity contribution in [2.24, 2.45) is 0 Å². The molecule has 0 unspecified atom stereocenters. The first kappa shape index (κ1) is 14.3. The van der Waals surface area contributed by atoms with Gasteiger partial charge in [0, 0.05) is 19.4 Å². The smallest absolute Gasteiger partial charge is 0.309 e. The number of allylic oxidation sites excluding steroid dienone is 1. The molecule has 0 saturated carbocycles. The zero-order valence-electron chi connectivity index (χ0n) is 9.22. The topological polar surface area (TPSA) is 47.6 Å². The van der Waals surface area contributed by atoms with Gasteiger partial charge >= 0.3 is 5.97 Å². The van der Waals surface area contributed by atoms with Gasteiger partial charge in [0.05, 0.1) is 25.5 Å². The van der Waals surface area contributed by atoms with Crippen LogP contribution < -0.4 is 5.32 Å². The average molecular weight is 236 g/mol. The van der Waals surface area contributed by atoms with E-state index in [0.717, 1.165) is 5.70 Å². The van der Waals surface area contributed by atoms with Crippen LogP contribution in [0.2, 0.25) is 0 Å². The molecule has 0 heterocycles. The van der Waals surface area contributed by atoms with Crippen molar-refractivity contribution in [1.29, 1.82) is 0 Å². The summed E-state index contributed by atoms with van der Waals surface area (Å²) in [5.41, 5.74) is 0.821. The normalized spacial score (nSPS) is 11.3. The fourth-order valence-electron chi connectivity index (χ4n) is 0.914. The van der Waals surface area contributed by atoms with Gasteiger partial charge < -0.3 is 14.8 Å². The Labute approximate surface area is 95.6 Å². The lowest BCUT2D eigenvalue weighted by Gasteiger charge is -2.07. The van der Waals surface area contributed by atoms with E-state index in [1.54, 1.807) is 20.1 Å². The van der Waals surface area contributed by atoms with Crippen LogP contribution in [0.4, 0.5) is 0 Å². The Hall–Kier alpha value is -0.740. The maximum absolute atomic E-state index is 11.0. The van der Waals surface area contributed by atoms with Crippen molar-refractivity contribution < 1.29 is 14.3 Å². The molecule has 4 nitrogen and oxygen atoms in total. The van der Waals surface area contributed by atoms with Crippen LogP contribution in [-0.2, 0) is 14.3 Å². The van der Waals surface area contributed by atoms with Gasteiger partial charge in [-0.25, -0.2) is 0 Å². The summed E-state index contributed by atoms with van der Waals surface area (Å²) in [7, 11) is 1.63. The fraction of sp³-hybridized carbons (Fsp3) is 0.700. The van der Waals surface area contributed by atoms with Gasteiger partial charge in [0.1, 0.15) is 0 Å². The van der Waals surface area contributed by atoms with Crippen molar-refractivity contribution >= 4 is 17.6 Å². The molecule has 15 heavy (non-hydrogen) atoms. The van der Waals surface area contributed by atoms with E-state index in [9.17, 15) is 4.79 Å². The molecule has 0 aromatic carbocycles. The molecule has 0 spiro atoms. The van der Waals surface area contributed by atoms with Crippen molar-refractivity contribution in [1.82, 2.24) is 5.32 Å². The molecule has 0 atom stereocenters. The standard InChI is InChI=1S/C10H18ClNO3/c1-3-15-10(13)5-4-9(8-11)12-6-7-14-2/h4,12H,3,5-8H2,1-2H3/b9-4-. The maximum atomic E-state index is 11.0. The van der Waals surface area contributed by atoms with Gasteiger partial charge in [0.25, 0.3) is 0 Å². The summed E-state index contributed by atoms with van der Waals surface area (Å²) in [6, 6.07) is 0. The van der Waals surface area contributed by atoms with Crippen LogP contribution >= 0.6 is 11.6 Å². The molecule has 0 amide bonds. The van der Waals surface area contributed by atoms with Crippen LogP contribution in [-0.4, -0.2) is 38.7 Å². The summed E-state index contributed by atoms with van der Waals surface area (Å²) in [5, 5.41) is 3.06. The van der Waals surface area contributed by atoms with Gasteiger partial charge in [-0.3, -0.25) is 4.79 Å². The molecule has 0 rings (SSSR count). The van der Waals surface area contributed by atoms with Crippen LogP contribution in [0.25, 0.3) is 0 Å². The minimum Gasteiger partial charge on any atom is -0.466 e. The number of methoxy groups -OCH3 is 1. The molecular formula is C10H18ClNO3. The monoisotopic (exact) mass is 235 g/mol. The number of rotatable bonds is 8. The summed E-state index contributed by atoms with van der Waals surface area (Å²) in [6.07, 6.45) is 1.98. The minimum absolute atomic E-state index is 0.242. The van der Waals surface area contributed by atoms with E-state index in [2.05, 4.69) is 5.32 Å². The van der Waals surface area contributed by atoms with E-state index >= 15 is 0 Å². The van der Waals surface area contributed by atoms with Gasteiger partial charge in [-0.05, 0) is 6.92 Å². The highest BCUT2D eigenvalue weighted by Gasteiger charge is 2.00. The second-order valence-corrected chi connectivity index (χ2v) is 3.06. The lowest BCUT2D eigenvalue weighted by molar-refractivity contribution is -0.142. The Kier molecular flexibility index (Phi) is 9.32. The number of halogens is 1. The summed E-state index contributed by atoms with van der Waals surface area (Å²) in [4.78, 5) is 11.0. The Balaban J connectivity index is 3.82. The predicted molar refractivity (Wildman–Crippen MR) is 59.9 cm³/mol. The molecule has 1 N–H and O–H groups in total. The molecule has 0 saturated heterocycles. The molecule has 0 aliphatic rings. The highest BCUT2D eigenvalue weighted by Crippen LogP contribution is 1.97. The summed E-state index contributed by atoms with van der Waals surface area (Å²) < 4.78 is 9.66. The summed E-state index contributed by atoms with van der Waals surface area (Å²) in [6.45, 7) is 3.46. The summed E-state index contributed by atoms with van der Waals surface area (Å²) in [5.74, 6) is 0.108. The Morgan fingerprint density at radius 2 is 2.27 bits per heavy atom. The second-order valence-electron chi connectivity index (χ2n) is 2.79. The molecule has 0 aliphatic carbocycles. The van der Waals surface area contributed by atoms with Crippen LogP contribution in [0.1, 0.15) is 13.3 Å². The maximum Gasteiger partial charge on any atom is 0.309 e. The first-order valence-corrected chi connectivity index (χ1v) is 5.41. The van der Waals surface area contributed by atoms with Gasteiger partial charge in [0.2, 0.25) is 0 Å². The van der Waals surface area contributed by atoms with Crippen LogP contribution in [0.5, 0.6) is 0 Å². The molecular weight excluding hydrogens is 218 g/mol. The van der Waals surface area contributed by atoms with Crippen LogP contribution in [0.15, 0.2) is 11.8 Å². The molecule has 0 aliphatic heterocycles. The highest BCUT2D eigenvalue weighted by atomic mass is 35.5. The number of hydrogen-bond acceptors (Lipinski definition) is 4. The first-order chi connectivity index (χ1) is 7.24. The molecule has 0 fully saturated rings. The fourth-order valence-corrected chi connectivity index (χ4v) is 1.12. The highest BCUT2D eigenvalue weighted by molar-refractivity contribution is 6.19. The van der Waals surface area contributed by atoms with E-state index in [1.807, 2.05) is 0 Å². The molecule has 5 heteroatoms. The molecule has 0 radical (unpaired) electrons. The van der Waals surface area contributed by atoms with E-state index in [1.165, 1.54) is 0 Å². The first-order valence-electron chi connectivity index (χ1n) is 4.88. The van der Waals surface area contributed by atoms with Crippen molar-refractivity contribution in [2.75, 3.05) is 32.7 Å². The molecule has 88 valence electrons. The van der Waals surface area contributed by atoms with E-state index in [4.69, 9.17) is 21.1 Å². The molecule has 0 aromatic rings. The quantitative estimate of drug-likeness (QED) is 0.391. The number of ether oxygens (including phenoxy) is 2. The number of nitrogens with one attached hydrogen (secondary N) is 1. The lowest BCUT2D eigenvalue weighted by Crippen LogP contribution is -2.20. The number of carbonyl (C=O) groups excluding carboxylic acids is 1. The largest absolute Gasteiger partial charge is 0.466 e. The third kappa shape index (κ3) is 8.27. The third-order valence-corrected chi connectivity index (χ3v) is 1.91. The number of alkyl halides is 1. The predicted octanol–water partition coefficient (Wildman–Crippen LogP) is 1.30. The number of hydrogen-bond donors (Lipinski definition) is 1. The van der Waals surface area contributed by atoms with E-state index < -0.39 is 0 Å². The van der Waals surface area contributed by atoms with Gasteiger partial charge in [-0.15, -0.1) is 11.6 Å². The zero-order chi connectivity index (χ0) is 11.5. The minimum atomic E-state index is -0.242. The Morgan fingerprint density at radius 3 is 2.80 bits per heavy atom. The lowest BCUT2D eigenvalue weighted by atomic mass is 10.3. The number of carbonyl (C=O) groups is 1. The SMILES string of the molecule is CCOC(=O)C/C=C(/CCl)NCCOC. The van der Waals surface area contributed by atoms with Crippen molar-refractivity contribution in [2.45, 2.75) is 13.3 Å². The van der Waals surface area contributed by atoms with Crippen LogP contribution in [0.3, 0.4) is 0 Å². The molecule has 0 bridgehead atoms. The second kappa shape index (κ2) is 9.80. The van der Waals surface area contributed by atoms with Crippen molar-refractivity contribution in [3.63, 3.8) is 0 Å². The zero-order valence-corrected chi connectivity index (χ0v) is 9.97. The van der Waals surface area contributed by atoms with Gasteiger partial charge in [-0.1, -0.05) is 6.08 Å².